The fourth-order valence-corrected chi connectivity index (χ4v) is 8.56. The molecule has 0 spiro atoms. The third-order valence-corrected chi connectivity index (χ3v) is 11.3. The molecule has 3 fully saturated rings. The number of carbonyl (C=O) groups excluding carboxylic acids is 3. The lowest BCUT2D eigenvalue weighted by Crippen LogP contribution is -2.44. The van der Waals surface area contributed by atoms with Gasteiger partial charge in [0.05, 0.1) is 35.0 Å². The number of piperidine rings is 2. The molecule has 0 bridgehead atoms. The maximum atomic E-state index is 16.1. The Bertz CT molecular complexity index is 2360. The van der Waals surface area contributed by atoms with E-state index in [0.29, 0.717) is 41.8 Å². The number of amides is 3. The topological polar surface area (TPSA) is 149 Å². The molecule has 1 saturated carbocycles. The lowest BCUT2D eigenvalue weighted by molar-refractivity contribution is -0.141. The first kappa shape index (κ1) is 36.5. The van der Waals surface area contributed by atoms with Gasteiger partial charge in [-0.1, -0.05) is 12.1 Å². The van der Waals surface area contributed by atoms with Crippen LogP contribution < -0.4 is 16.3 Å². The minimum absolute atomic E-state index is 0.144. The summed E-state index contributed by atoms with van der Waals surface area (Å²) in [5.41, 5.74) is 0.983. The molecular weight excluding hydrogens is 722 g/mol. The first-order valence-electron chi connectivity index (χ1n) is 18.4. The first-order valence-corrected chi connectivity index (χ1v) is 18.4. The van der Waals surface area contributed by atoms with Gasteiger partial charge in [-0.3, -0.25) is 38.5 Å². The molecule has 55 heavy (non-hydrogen) atoms. The molecule has 288 valence electrons. The highest BCUT2D eigenvalue weighted by molar-refractivity contribution is 6.03. The number of alkyl halides is 4. The maximum absolute atomic E-state index is 16.1. The molecule has 3 atom stereocenters. The average molecular weight is 762 g/mol. The maximum Gasteiger partial charge on any atom is 0.434 e. The van der Waals surface area contributed by atoms with Crippen molar-refractivity contribution in [2.45, 2.75) is 75.3 Å². The smallest absolute Gasteiger partial charge is 0.321 e. The van der Waals surface area contributed by atoms with Gasteiger partial charge in [0.2, 0.25) is 11.8 Å². The average Bonchev–Trinajstić information content (AvgIpc) is 3.69. The van der Waals surface area contributed by atoms with Crippen LogP contribution in [-0.2, 0) is 22.8 Å². The second-order valence-electron chi connectivity index (χ2n) is 14.9. The standard InChI is InChI=1S/C38H39F4N9O4/c1-48-34-26(3-2-4-30(34)51(37(48)55)31-11-12-33(52)46-36(31)54)25-13-14-49(20-27(25)39)18-21-5-8-24(9-6-21)50-19-22-15-23(7-10-28(22)47-50)44-35(53)29-16-43-17-32(45-29)38(40,41)42/h2-4,7,10,15-17,19,21,24-25,27,31H,5-6,8-9,11-14,18,20H2,1H3,(H,44,53)(H,46,52,54)/t21?,24?,25-,27+,31+/m0/s1. The van der Waals surface area contributed by atoms with Crippen LogP contribution in [0.2, 0.25) is 0 Å². The molecule has 3 aromatic heterocycles. The molecule has 1 aliphatic carbocycles. The largest absolute Gasteiger partial charge is 0.434 e. The van der Waals surface area contributed by atoms with E-state index in [1.54, 1.807) is 37.4 Å². The Kier molecular flexibility index (Phi) is 9.51. The lowest BCUT2D eigenvalue weighted by Gasteiger charge is -2.38. The highest BCUT2D eigenvalue weighted by Gasteiger charge is 2.37. The normalized spacial score (nSPS) is 24.0. The van der Waals surface area contributed by atoms with E-state index in [2.05, 4.69) is 25.5 Å². The Morgan fingerprint density at radius 3 is 2.56 bits per heavy atom. The van der Waals surface area contributed by atoms with E-state index >= 15 is 4.39 Å². The number of carbonyl (C=O) groups is 3. The molecule has 2 N–H and O–H groups in total. The van der Waals surface area contributed by atoms with Crippen molar-refractivity contribution >= 4 is 45.3 Å². The van der Waals surface area contributed by atoms with Gasteiger partial charge in [0, 0.05) is 49.7 Å². The zero-order valence-electron chi connectivity index (χ0n) is 29.9. The van der Waals surface area contributed by atoms with Crippen LogP contribution in [0.5, 0.6) is 0 Å². The lowest BCUT2D eigenvalue weighted by atomic mass is 9.83. The summed E-state index contributed by atoms with van der Waals surface area (Å²) in [5.74, 6) is -1.68. The van der Waals surface area contributed by atoms with E-state index in [9.17, 15) is 32.3 Å². The van der Waals surface area contributed by atoms with Crippen molar-refractivity contribution < 1.29 is 31.9 Å². The fourth-order valence-electron chi connectivity index (χ4n) is 8.56. The molecule has 13 nitrogen and oxygen atoms in total. The number of likely N-dealkylation sites (tertiary alicyclic amines) is 1. The first-order chi connectivity index (χ1) is 26.3. The number of imidazole rings is 1. The van der Waals surface area contributed by atoms with Crippen molar-refractivity contribution in [2.75, 3.05) is 25.0 Å². The van der Waals surface area contributed by atoms with Gasteiger partial charge >= 0.3 is 11.9 Å². The predicted molar refractivity (Wildman–Crippen MR) is 193 cm³/mol. The van der Waals surface area contributed by atoms with Gasteiger partial charge in [-0.25, -0.2) is 14.2 Å². The Hall–Kier alpha value is -5.45. The van der Waals surface area contributed by atoms with Crippen LogP contribution in [0.25, 0.3) is 21.9 Å². The Labute approximate surface area is 311 Å². The molecule has 3 aliphatic rings. The fraction of sp³-hybridized carbons (Fsp3) is 0.447. The molecule has 2 saturated heterocycles. The van der Waals surface area contributed by atoms with Crippen LogP contribution in [0.15, 0.2) is 59.8 Å². The monoisotopic (exact) mass is 761 g/mol. The molecule has 0 radical (unpaired) electrons. The number of anilines is 1. The van der Waals surface area contributed by atoms with E-state index in [1.165, 1.54) is 9.13 Å². The van der Waals surface area contributed by atoms with Crippen molar-refractivity contribution in [3.8, 4) is 0 Å². The van der Waals surface area contributed by atoms with Gasteiger partial charge in [0.15, 0.2) is 5.69 Å². The number of hydrogen-bond donors (Lipinski definition) is 2. The van der Waals surface area contributed by atoms with Crippen molar-refractivity contribution in [1.82, 2.24) is 39.1 Å². The van der Waals surface area contributed by atoms with Crippen LogP contribution in [0.4, 0.5) is 23.2 Å². The molecule has 2 aromatic carbocycles. The molecule has 5 aromatic rings. The highest BCUT2D eigenvalue weighted by Crippen LogP contribution is 2.38. The molecule has 3 amide bonds. The van der Waals surface area contributed by atoms with Crippen LogP contribution in [0.3, 0.4) is 0 Å². The SMILES string of the molecule is Cn1c(=O)n([C@@H]2CCC(=O)NC2=O)c2cccc([C@@H]3CCN(CC4CCC(n5cc6cc(NC(=O)c7cncc(C(F)(F)F)n7)ccc6n5)CC4)C[C@H]3F)c21. The van der Waals surface area contributed by atoms with E-state index in [0.717, 1.165) is 54.9 Å². The zero-order valence-corrected chi connectivity index (χ0v) is 29.9. The number of fused-ring (bicyclic) bond motifs is 2. The second kappa shape index (κ2) is 14.3. The van der Waals surface area contributed by atoms with Crippen molar-refractivity contribution in [1.29, 1.82) is 0 Å². The third-order valence-electron chi connectivity index (χ3n) is 11.3. The minimum atomic E-state index is -4.72. The number of halogens is 4. The summed E-state index contributed by atoms with van der Waals surface area (Å²) >= 11 is 0. The quantitative estimate of drug-likeness (QED) is 0.168. The Balaban J connectivity index is 0.872. The number of nitrogens with one attached hydrogen (secondary N) is 2. The number of hydrogen-bond acceptors (Lipinski definition) is 8. The van der Waals surface area contributed by atoms with Gasteiger partial charge in [0.25, 0.3) is 5.91 Å². The van der Waals surface area contributed by atoms with Crippen molar-refractivity contribution in [3.05, 3.63) is 82.4 Å². The summed E-state index contributed by atoms with van der Waals surface area (Å²) in [6.07, 6.45) is 2.25. The zero-order chi connectivity index (χ0) is 38.6. The summed E-state index contributed by atoms with van der Waals surface area (Å²) in [6.45, 7) is 1.79. The van der Waals surface area contributed by atoms with Crippen molar-refractivity contribution in [3.63, 3.8) is 0 Å². The summed E-state index contributed by atoms with van der Waals surface area (Å²) in [5, 5.41) is 10.4. The Morgan fingerprint density at radius 1 is 1.02 bits per heavy atom. The molecule has 5 heterocycles. The van der Waals surface area contributed by atoms with E-state index in [4.69, 9.17) is 5.10 Å². The number of benzene rings is 2. The Morgan fingerprint density at radius 2 is 1.82 bits per heavy atom. The van der Waals surface area contributed by atoms with Crippen LogP contribution in [-0.4, -0.2) is 77.3 Å². The van der Waals surface area contributed by atoms with E-state index < -0.39 is 47.5 Å². The number of aryl methyl sites for hydroxylation is 1. The second-order valence-corrected chi connectivity index (χ2v) is 14.9. The number of para-hydroxylation sites is 1. The van der Waals surface area contributed by atoms with E-state index in [1.807, 2.05) is 16.9 Å². The van der Waals surface area contributed by atoms with Gasteiger partial charge < -0.3 is 10.2 Å². The minimum Gasteiger partial charge on any atom is -0.321 e. The van der Waals surface area contributed by atoms with Gasteiger partial charge in [0.1, 0.15) is 17.9 Å². The summed E-state index contributed by atoms with van der Waals surface area (Å²) in [4.78, 5) is 59.5. The summed E-state index contributed by atoms with van der Waals surface area (Å²) < 4.78 is 60.0. The van der Waals surface area contributed by atoms with E-state index in [-0.39, 0.29) is 37.0 Å². The number of imide groups is 1. The molecule has 2 aliphatic heterocycles. The van der Waals surface area contributed by atoms with Gasteiger partial charge in [-0.05, 0) is 80.8 Å². The molecular formula is C38H39F4N9O4. The van der Waals surface area contributed by atoms with Crippen LogP contribution >= 0.6 is 0 Å². The summed E-state index contributed by atoms with van der Waals surface area (Å²) in [7, 11) is 1.64. The molecule has 0 unspecified atom stereocenters. The summed E-state index contributed by atoms with van der Waals surface area (Å²) in [6, 6.07) is 9.91. The third kappa shape index (κ3) is 7.12. The molecule has 8 rings (SSSR count). The van der Waals surface area contributed by atoms with Crippen LogP contribution in [0, 0.1) is 5.92 Å². The number of aromatic nitrogens is 6. The number of nitrogens with zero attached hydrogens (tertiary/aromatic N) is 7. The molecule has 17 heteroatoms. The van der Waals surface area contributed by atoms with Crippen molar-refractivity contribution in [2.24, 2.45) is 13.0 Å². The van der Waals surface area contributed by atoms with Gasteiger partial charge in [-0.2, -0.15) is 18.3 Å². The number of rotatable bonds is 7. The van der Waals surface area contributed by atoms with Gasteiger partial charge in [-0.15, -0.1) is 0 Å². The van der Waals surface area contributed by atoms with Crippen LogP contribution in [0.1, 0.15) is 84.7 Å². The highest BCUT2D eigenvalue weighted by atomic mass is 19.4. The predicted octanol–water partition coefficient (Wildman–Crippen LogP) is 5.29.